The fourth-order valence-electron chi connectivity index (χ4n) is 2.44. The Morgan fingerprint density at radius 2 is 1.96 bits per heavy atom. The Balaban J connectivity index is 1.72. The Labute approximate surface area is 148 Å². The van der Waals surface area contributed by atoms with E-state index in [1.165, 1.54) is 24.6 Å². The van der Waals surface area contributed by atoms with Gasteiger partial charge in [0.1, 0.15) is 22.3 Å². The maximum Gasteiger partial charge on any atom is 0.216 e. The summed E-state index contributed by atoms with van der Waals surface area (Å²) < 4.78 is 41.0. The van der Waals surface area contributed by atoms with Gasteiger partial charge in [0.15, 0.2) is 0 Å². The van der Waals surface area contributed by atoms with E-state index in [4.69, 9.17) is 4.74 Å². The summed E-state index contributed by atoms with van der Waals surface area (Å²) >= 11 is 0. The number of halogens is 1. The monoisotopic (exact) mass is 366 g/mol. The van der Waals surface area contributed by atoms with E-state index < -0.39 is 9.84 Å². The summed E-state index contributed by atoms with van der Waals surface area (Å²) in [7, 11) is -2.98. The highest BCUT2D eigenvalue weighted by Crippen LogP contribution is 2.17. The molecule has 1 heterocycles. The zero-order valence-corrected chi connectivity index (χ0v) is 15.2. The molecule has 7 heteroatoms. The molecule has 0 aliphatic heterocycles. The molecule has 2 aromatic rings. The van der Waals surface area contributed by atoms with Crippen LogP contribution in [0.5, 0.6) is 5.88 Å². The summed E-state index contributed by atoms with van der Waals surface area (Å²) in [6.45, 7) is 3.57. The lowest BCUT2D eigenvalue weighted by atomic mass is 10.0. The molecule has 1 aromatic heterocycles. The lowest BCUT2D eigenvalue weighted by Gasteiger charge is -2.12. The number of rotatable bonds is 9. The Morgan fingerprint density at radius 1 is 1.24 bits per heavy atom. The van der Waals surface area contributed by atoms with Gasteiger partial charge in [-0.1, -0.05) is 31.2 Å². The second-order valence-electron chi connectivity index (χ2n) is 6.07. The number of sulfone groups is 1. The molecule has 25 heavy (non-hydrogen) atoms. The largest absolute Gasteiger partial charge is 0.476 e. The summed E-state index contributed by atoms with van der Waals surface area (Å²) in [5, 5.41) is 3.23. The summed E-state index contributed by atoms with van der Waals surface area (Å²) in [5.74, 6) is 0.0223. The SMILES string of the molecule is C[C@@H](CS(C)(=O)=O)c1ccc(CNCCOc2cc(F)ccn2)cc1. The van der Waals surface area contributed by atoms with Crippen LogP contribution in [0.3, 0.4) is 0 Å². The van der Waals surface area contributed by atoms with Gasteiger partial charge >= 0.3 is 0 Å². The second kappa shape index (κ2) is 8.92. The van der Waals surface area contributed by atoms with Crippen molar-refractivity contribution in [2.75, 3.05) is 25.2 Å². The van der Waals surface area contributed by atoms with Gasteiger partial charge in [-0.2, -0.15) is 0 Å². The van der Waals surface area contributed by atoms with Crippen LogP contribution in [0.25, 0.3) is 0 Å². The number of nitrogens with one attached hydrogen (secondary N) is 1. The molecule has 136 valence electrons. The van der Waals surface area contributed by atoms with E-state index in [-0.39, 0.29) is 23.4 Å². The third kappa shape index (κ3) is 7.19. The highest BCUT2D eigenvalue weighted by Gasteiger charge is 2.12. The molecule has 0 saturated heterocycles. The molecule has 0 bridgehead atoms. The van der Waals surface area contributed by atoms with Crippen LogP contribution in [-0.2, 0) is 16.4 Å². The third-order valence-electron chi connectivity index (χ3n) is 3.66. The van der Waals surface area contributed by atoms with Crippen molar-refractivity contribution in [1.29, 1.82) is 0 Å². The van der Waals surface area contributed by atoms with Crippen LogP contribution in [0.4, 0.5) is 4.39 Å². The van der Waals surface area contributed by atoms with Crippen molar-refractivity contribution in [2.24, 2.45) is 0 Å². The number of hydrogen-bond donors (Lipinski definition) is 1. The molecule has 0 aliphatic carbocycles. The molecule has 1 aromatic carbocycles. The first-order chi connectivity index (χ1) is 11.8. The van der Waals surface area contributed by atoms with E-state index in [1.54, 1.807) is 0 Å². The number of ether oxygens (including phenoxy) is 1. The van der Waals surface area contributed by atoms with E-state index >= 15 is 0 Å². The third-order valence-corrected chi connectivity index (χ3v) is 4.76. The minimum Gasteiger partial charge on any atom is -0.476 e. The van der Waals surface area contributed by atoms with Gasteiger partial charge in [-0.15, -0.1) is 0 Å². The van der Waals surface area contributed by atoms with Gasteiger partial charge in [0.05, 0.1) is 5.75 Å². The second-order valence-corrected chi connectivity index (χ2v) is 8.26. The molecule has 1 atom stereocenters. The van der Waals surface area contributed by atoms with Gasteiger partial charge in [0.25, 0.3) is 0 Å². The molecule has 0 radical (unpaired) electrons. The lowest BCUT2D eigenvalue weighted by Crippen LogP contribution is -2.20. The zero-order valence-electron chi connectivity index (χ0n) is 14.4. The number of pyridine rings is 1. The molecule has 0 spiro atoms. The van der Waals surface area contributed by atoms with Crippen molar-refractivity contribution in [3.8, 4) is 5.88 Å². The van der Waals surface area contributed by atoms with Gasteiger partial charge in [0, 0.05) is 31.6 Å². The lowest BCUT2D eigenvalue weighted by molar-refractivity contribution is 0.300. The van der Waals surface area contributed by atoms with Crippen LogP contribution in [0.2, 0.25) is 0 Å². The van der Waals surface area contributed by atoms with Gasteiger partial charge in [-0.3, -0.25) is 0 Å². The normalized spacial score (nSPS) is 12.8. The average Bonchev–Trinajstić information content (AvgIpc) is 2.53. The van der Waals surface area contributed by atoms with Crippen molar-refractivity contribution in [3.63, 3.8) is 0 Å². The molecular weight excluding hydrogens is 343 g/mol. The summed E-state index contributed by atoms with van der Waals surface area (Å²) in [4.78, 5) is 3.91. The number of hydrogen-bond acceptors (Lipinski definition) is 5. The van der Waals surface area contributed by atoms with Gasteiger partial charge in [0.2, 0.25) is 5.88 Å². The minimum absolute atomic E-state index is 0.0239. The number of nitrogens with zero attached hydrogens (tertiary/aromatic N) is 1. The zero-order chi connectivity index (χ0) is 18.3. The molecule has 1 N–H and O–H groups in total. The minimum atomic E-state index is -2.98. The van der Waals surface area contributed by atoms with E-state index in [1.807, 2.05) is 31.2 Å². The highest BCUT2D eigenvalue weighted by molar-refractivity contribution is 7.90. The summed E-state index contributed by atoms with van der Waals surface area (Å²) in [6.07, 6.45) is 2.62. The summed E-state index contributed by atoms with van der Waals surface area (Å²) in [5.41, 5.74) is 2.11. The molecule has 0 fully saturated rings. The Kier molecular flexibility index (Phi) is 6.90. The Hall–Kier alpha value is -1.99. The van der Waals surface area contributed by atoms with Gasteiger partial charge in [-0.05, 0) is 23.1 Å². The topological polar surface area (TPSA) is 68.3 Å². The first-order valence-electron chi connectivity index (χ1n) is 8.05. The molecule has 0 saturated carbocycles. The predicted octanol–water partition coefficient (Wildman–Crippen LogP) is 2.54. The first kappa shape index (κ1) is 19.3. The molecule has 0 aliphatic rings. The molecule has 0 amide bonds. The van der Waals surface area contributed by atoms with Gasteiger partial charge in [-0.25, -0.2) is 17.8 Å². The Bertz CT molecular complexity index is 779. The standard InChI is InChI=1S/C18H23FN2O3S/c1-14(13-25(2,22)23)16-5-3-15(4-6-16)12-20-9-10-24-18-11-17(19)7-8-21-18/h3-8,11,14,20H,9-10,12-13H2,1-2H3/t14-/m0/s1. The van der Waals surface area contributed by atoms with E-state index in [9.17, 15) is 12.8 Å². The van der Waals surface area contributed by atoms with Crippen molar-refractivity contribution < 1.29 is 17.5 Å². The van der Waals surface area contributed by atoms with Crippen molar-refractivity contribution >= 4 is 9.84 Å². The van der Waals surface area contributed by atoms with Crippen LogP contribution < -0.4 is 10.1 Å². The fourth-order valence-corrected chi connectivity index (χ4v) is 3.54. The van der Waals surface area contributed by atoms with E-state index in [0.717, 1.165) is 11.1 Å². The maximum atomic E-state index is 13.0. The molecular formula is C18H23FN2O3S. The fraction of sp³-hybridized carbons (Fsp3) is 0.389. The van der Waals surface area contributed by atoms with Crippen molar-refractivity contribution in [2.45, 2.75) is 19.4 Å². The molecule has 2 rings (SSSR count). The molecule has 5 nitrogen and oxygen atoms in total. The number of benzene rings is 1. The number of aromatic nitrogens is 1. The van der Waals surface area contributed by atoms with Crippen LogP contribution in [0.15, 0.2) is 42.6 Å². The summed E-state index contributed by atoms with van der Waals surface area (Å²) in [6, 6.07) is 10.4. The first-order valence-corrected chi connectivity index (χ1v) is 10.1. The highest BCUT2D eigenvalue weighted by atomic mass is 32.2. The average molecular weight is 366 g/mol. The van der Waals surface area contributed by atoms with Crippen molar-refractivity contribution in [3.05, 3.63) is 59.5 Å². The smallest absolute Gasteiger partial charge is 0.216 e. The van der Waals surface area contributed by atoms with Crippen LogP contribution in [-0.4, -0.2) is 38.6 Å². The van der Waals surface area contributed by atoms with Crippen LogP contribution >= 0.6 is 0 Å². The van der Waals surface area contributed by atoms with E-state index in [2.05, 4.69) is 10.3 Å². The van der Waals surface area contributed by atoms with Crippen LogP contribution in [0, 0.1) is 5.82 Å². The predicted molar refractivity (Wildman–Crippen MR) is 96.0 cm³/mol. The van der Waals surface area contributed by atoms with Gasteiger partial charge < -0.3 is 10.1 Å². The quantitative estimate of drug-likeness (QED) is 0.691. The van der Waals surface area contributed by atoms with E-state index in [0.29, 0.717) is 19.7 Å². The Morgan fingerprint density at radius 3 is 2.60 bits per heavy atom. The van der Waals surface area contributed by atoms with Crippen LogP contribution in [0.1, 0.15) is 24.0 Å². The molecule has 0 unspecified atom stereocenters. The van der Waals surface area contributed by atoms with Crippen molar-refractivity contribution in [1.82, 2.24) is 10.3 Å². The maximum absolute atomic E-state index is 13.0.